The number of amides is 1. The van der Waals surface area contributed by atoms with Crippen LogP contribution >= 0.6 is 0 Å². The van der Waals surface area contributed by atoms with E-state index in [-0.39, 0.29) is 5.91 Å². The highest BCUT2D eigenvalue weighted by Crippen LogP contribution is 2.33. The first-order valence-electron chi connectivity index (χ1n) is 7.30. The van der Waals surface area contributed by atoms with Crippen molar-refractivity contribution in [1.29, 1.82) is 0 Å². The molecule has 0 radical (unpaired) electrons. The first-order valence-corrected chi connectivity index (χ1v) is 7.30. The van der Waals surface area contributed by atoms with Crippen molar-refractivity contribution in [2.45, 2.75) is 60.1 Å². The zero-order chi connectivity index (χ0) is 14.6. The van der Waals surface area contributed by atoms with E-state index in [4.69, 9.17) is 0 Å². The monoisotopic (exact) mass is 267 g/mol. The van der Waals surface area contributed by atoms with Crippen LogP contribution in [0, 0.1) is 0 Å². The third kappa shape index (κ3) is 3.46. The minimum atomic E-state index is -0.726. The van der Waals surface area contributed by atoms with E-state index in [2.05, 4.69) is 6.92 Å². The molecule has 2 aliphatic rings. The molecule has 2 rings (SSSR count). The Kier molecular flexibility index (Phi) is 5.77. The lowest BCUT2D eigenvalue weighted by atomic mass is 10.0. The van der Waals surface area contributed by atoms with E-state index in [1.54, 1.807) is 4.90 Å². The van der Waals surface area contributed by atoms with Crippen molar-refractivity contribution in [3.63, 3.8) is 0 Å². The molecule has 1 saturated heterocycles. The Labute approximate surface area is 116 Å². The highest BCUT2D eigenvalue weighted by Gasteiger charge is 2.29. The molecule has 0 aromatic rings. The zero-order valence-electron chi connectivity index (χ0n) is 12.8. The molecule has 3 heteroatoms. The molecule has 0 aromatic heterocycles. The molecule has 1 aliphatic carbocycles. The van der Waals surface area contributed by atoms with Crippen LogP contribution < -0.4 is 0 Å². The van der Waals surface area contributed by atoms with Crippen molar-refractivity contribution in [2.24, 2.45) is 0 Å². The molecule has 0 unspecified atom stereocenters. The van der Waals surface area contributed by atoms with Gasteiger partial charge in [-0.05, 0) is 45.6 Å². The number of hydrogen-bond donors (Lipinski definition) is 0. The average molecular weight is 267 g/mol. The van der Waals surface area contributed by atoms with Gasteiger partial charge in [-0.15, -0.1) is 0 Å². The number of piperidine rings is 1. The van der Waals surface area contributed by atoms with Gasteiger partial charge in [-0.1, -0.05) is 25.0 Å². The Bertz CT molecular complexity index is 401. The lowest BCUT2D eigenvalue weighted by molar-refractivity contribution is -0.128. The van der Waals surface area contributed by atoms with Crippen molar-refractivity contribution < 1.29 is 9.18 Å². The van der Waals surface area contributed by atoms with Crippen molar-refractivity contribution in [3.8, 4) is 0 Å². The summed E-state index contributed by atoms with van der Waals surface area (Å²) < 4.78 is 13.1. The summed E-state index contributed by atoms with van der Waals surface area (Å²) in [6.07, 6.45) is 1.16. The van der Waals surface area contributed by atoms with Gasteiger partial charge in [-0.2, -0.15) is 0 Å². The van der Waals surface area contributed by atoms with Crippen molar-refractivity contribution >= 4 is 5.91 Å². The molecule has 108 valence electrons. The molecule has 1 aliphatic heterocycles. The SMILES string of the molecule is CC.CC1=C(C)C(C(=O)N2CCC(F)CC2)=C(C)C1. The van der Waals surface area contributed by atoms with Crippen LogP contribution in [0.5, 0.6) is 0 Å². The number of alkyl halides is 1. The minimum absolute atomic E-state index is 0.101. The highest BCUT2D eigenvalue weighted by molar-refractivity contribution is 5.99. The first-order chi connectivity index (χ1) is 9.00. The van der Waals surface area contributed by atoms with Crippen LogP contribution in [-0.4, -0.2) is 30.1 Å². The Morgan fingerprint density at radius 2 is 1.63 bits per heavy atom. The Hall–Kier alpha value is -1.12. The number of rotatable bonds is 1. The van der Waals surface area contributed by atoms with E-state index in [9.17, 15) is 9.18 Å². The summed E-state index contributed by atoms with van der Waals surface area (Å²) in [5.74, 6) is 0.101. The summed E-state index contributed by atoms with van der Waals surface area (Å²) in [7, 11) is 0. The molecule has 1 fully saturated rings. The van der Waals surface area contributed by atoms with Crippen LogP contribution in [-0.2, 0) is 4.79 Å². The average Bonchev–Trinajstić information content (AvgIpc) is 2.66. The minimum Gasteiger partial charge on any atom is -0.338 e. The third-order valence-electron chi connectivity index (χ3n) is 3.90. The number of nitrogens with zero attached hydrogens (tertiary/aromatic N) is 1. The smallest absolute Gasteiger partial charge is 0.254 e. The number of carbonyl (C=O) groups excluding carboxylic acids is 1. The van der Waals surface area contributed by atoms with Gasteiger partial charge in [0.25, 0.3) is 5.91 Å². The fourth-order valence-corrected chi connectivity index (χ4v) is 2.70. The molecule has 0 atom stereocenters. The van der Waals surface area contributed by atoms with E-state index >= 15 is 0 Å². The maximum Gasteiger partial charge on any atom is 0.254 e. The fourth-order valence-electron chi connectivity index (χ4n) is 2.70. The topological polar surface area (TPSA) is 20.3 Å². The summed E-state index contributed by atoms with van der Waals surface area (Å²) in [5.41, 5.74) is 4.44. The van der Waals surface area contributed by atoms with Crippen LogP contribution in [0.15, 0.2) is 22.3 Å². The molecular weight excluding hydrogens is 241 g/mol. The van der Waals surface area contributed by atoms with E-state index in [0.29, 0.717) is 25.9 Å². The van der Waals surface area contributed by atoms with Gasteiger partial charge in [-0.3, -0.25) is 4.79 Å². The second kappa shape index (κ2) is 6.88. The van der Waals surface area contributed by atoms with Crippen molar-refractivity contribution in [1.82, 2.24) is 4.90 Å². The van der Waals surface area contributed by atoms with E-state index < -0.39 is 6.17 Å². The standard InChI is InChI=1S/C14H20FNO.C2H6/c1-9-8-10(2)13(11(9)3)14(17)16-6-4-12(15)5-7-16;1-2/h12H,4-8H2,1-3H3;1-2H3. The third-order valence-corrected chi connectivity index (χ3v) is 3.90. The predicted octanol–water partition coefficient (Wildman–Crippen LogP) is 4.03. The van der Waals surface area contributed by atoms with E-state index in [1.807, 2.05) is 27.7 Å². The summed E-state index contributed by atoms with van der Waals surface area (Å²) >= 11 is 0. The summed E-state index contributed by atoms with van der Waals surface area (Å²) in [4.78, 5) is 14.2. The second-order valence-electron chi connectivity index (χ2n) is 5.20. The normalized spacial score (nSPS) is 20.6. The molecule has 1 heterocycles. The van der Waals surface area contributed by atoms with Crippen molar-refractivity contribution in [3.05, 3.63) is 22.3 Å². The number of carbonyl (C=O) groups is 1. The van der Waals surface area contributed by atoms with Gasteiger partial charge in [0.15, 0.2) is 0 Å². The zero-order valence-corrected chi connectivity index (χ0v) is 12.8. The van der Waals surface area contributed by atoms with Gasteiger partial charge >= 0.3 is 0 Å². The first kappa shape index (κ1) is 15.9. The maximum atomic E-state index is 13.1. The lowest BCUT2D eigenvalue weighted by Crippen LogP contribution is -2.40. The molecule has 0 N–H and O–H groups in total. The number of hydrogen-bond acceptors (Lipinski definition) is 1. The Balaban J connectivity index is 0.000000861. The molecule has 0 bridgehead atoms. The molecule has 0 spiro atoms. The molecule has 19 heavy (non-hydrogen) atoms. The summed E-state index contributed by atoms with van der Waals surface area (Å²) in [6.45, 7) is 11.2. The number of allylic oxidation sites excluding steroid dienone is 2. The maximum absolute atomic E-state index is 13.1. The van der Waals surface area contributed by atoms with Crippen LogP contribution in [0.4, 0.5) is 4.39 Å². The molecule has 0 saturated carbocycles. The van der Waals surface area contributed by atoms with Gasteiger partial charge in [0, 0.05) is 18.7 Å². The molecule has 1 amide bonds. The predicted molar refractivity (Wildman–Crippen MR) is 77.7 cm³/mol. The second-order valence-corrected chi connectivity index (χ2v) is 5.20. The van der Waals surface area contributed by atoms with Gasteiger partial charge in [0.2, 0.25) is 0 Å². The lowest BCUT2D eigenvalue weighted by Gasteiger charge is -2.29. The van der Waals surface area contributed by atoms with Crippen LogP contribution in [0.1, 0.15) is 53.9 Å². The van der Waals surface area contributed by atoms with Gasteiger partial charge in [0.05, 0.1) is 0 Å². The van der Waals surface area contributed by atoms with E-state index in [0.717, 1.165) is 23.1 Å². The van der Waals surface area contributed by atoms with Gasteiger partial charge in [0.1, 0.15) is 6.17 Å². The largest absolute Gasteiger partial charge is 0.338 e. The Morgan fingerprint density at radius 3 is 2.05 bits per heavy atom. The highest BCUT2D eigenvalue weighted by atomic mass is 19.1. The summed E-state index contributed by atoms with van der Waals surface area (Å²) in [6, 6.07) is 0. The van der Waals surface area contributed by atoms with Crippen LogP contribution in [0.3, 0.4) is 0 Å². The molecule has 0 aromatic carbocycles. The van der Waals surface area contributed by atoms with Crippen LogP contribution in [0.2, 0.25) is 0 Å². The van der Waals surface area contributed by atoms with E-state index in [1.165, 1.54) is 5.57 Å². The number of halogens is 1. The van der Waals surface area contributed by atoms with Crippen molar-refractivity contribution in [2.75, 3.05) is 13.1 Å². The van der Waals surface area contributed by atoms with Crippen LogP contribution in [0.25, 0.3) is 0 Å². The van der Waals surface area contributed by atoms with Gasteiger partial charge < -0.3 is 4.90 Å². The summed E-state index contributed by atoms with van der Waals surface area (Å²) in [5, 5.41) is 0. The number of likely N-dealkylation sites (tertiary alicyclic amines) is 1. The molecular formula is C16H26FNO. The molecule has 2 nitrogen and oxygen atoms in total. The van der Waals surface area contributed by atoms with Gasteiger partial charge in [-0.25, -0.2) is 4.39 Å². The Morgan fingerprint density at radius 1 is 1.11 bits per heavy atom. The fraction of sp³-hybridized carbons (Fsp3) is 0.688. The quantitative estimate of drug-likeness (QED) is 0.702.